The predicted molar refractivity (Wildman–Crippen MR) is 140 cm³/mol. The van der Waals surface area contributed by atoms with E-state index in [4.69, 9.17) is 20.3 Å². The molecule has 2 atom stereocenters. The Kier molecular flexibility index (Phi) is 11.4. The minimum Gasteiger partial charge on any atom is -0.413 e. The maximum atomic E-state index is 6.91. The van der Waals surface area contributed by atoms with Crippen molar-refractivity contribution in [2.24, 2.45) is 0 Å². The molecule has 33 heavy (non-hydrogen) atoms. The van der Waals surface area contributed by atoms with E-state index in [9.17, 15) is 0 Å². The third kappa shape index (κ3) is 7.83. The lowest BCUT2D eigenvalue weighted by atomic mass is 10.1. The van der Waals surface area contributed by atoms with E-state index in [1.165, 1.54) is 0 Å². The summed E-state index contributed by atoms with van der Waals surface area (Å²) in [4.78, 5) is 0. The lowest BCUT2D eigenvalue weighted by Crippen LogP contribution is -2.50. The summed E-state index contributed by atoms with van der Waals surface area (Å²) in [5, 5.41) is 0. The lowest BCUT2D eigenvalue weighted by molar-refractivity contribution is -0.0997. The molecule has 0 saturated carbocycles. The van der Waals surface area contributed by atoms with Crippen molar-refractivity contribution < 1.29 is 13.9 Å². The molecule has 0 radical (unpaired) electrons. The van der Waals surface area contributed by atoms with Crippen LogP contribution in [0.2, 0.25) is 16.6 Å². The molecule has 0 spiro atoms. The average molecular weight is 467 g/mol. The van der Waals surface area contributed by atoms with Gasteiger partial charge in [0.1, 0.15) is 6.10 Å². The molecule has 0 unspecified atom stereocenters. The van der Waals surface area contributed by atoms with Crippen LogP contribution in [0.3, 0.4) is 0 Å². The highest BCUT2D eigenvalue weighted by atomic mass is 28.4. The Morgan fingerprint density at radius 1 is 0.697 bits per heavy atom. The van der Waals surface area contributed by atoms with E-state index in [0.29, 0.717) is 42.9 Å². The van der Waals surface area contributed by atoms with Crippen molar-refractivity contribution in [1.82, 2.24) is 0 Å². The molecule has 0 aliphatic carbocycles. The number of ether oxygens (including phenoxy) is 2. The largest absolute Gasteiger partial charge is 0.413 e. The normalized spacial score (nSPS) is 13.9. The van der Waals surface area contributed by atoms with Gasteiger partial charge in [0.15, 0.2) is 8.32 Å². The molecule has 0 N–H and O–H groups in total. The van der Waals surface area contributed by atoms with E-state index in [2.05, 4.69) is 71.7 Å². The van der Waals surface area contributed by atoms with Gasteiger partial charge in [-0.2, -0.15) is 0 Å². The van der Waals surface area contributed by atoms with Crippen LogP contribution in [0.25, 0.3) is 0 Å². The third-order valence-corrected chi connectivity index (χ3v) is 12.6. The fourth-order valence-electron chi connectivity index (χ4n) is 4.96. The van der Waals surface area contributed by atoms with Crippen molar-refractivity contribution in [3.63, 3.8) is 0 Å². The van der Waals surface area contributed by atoms with Gasteiger partial charge in [-0.1, -0.05) is 102 Å². The second kappa shape index (κ2) is 13.7. The van der Waals surface area contributed by atoms with Gasteiger partial charge < -0.3 is 13.9 Å². The second-order valence-corrected chi connectivity index (χ2v) is 15.2. The molecule has 180 valence electrons. The maximum absolute atomic E-state index is 6.91. The molecule has 2 rings (SSSR count). The summed E-state index contributed by atoms with van der Waals surface area (Å²) < 4.78 is 19.7. The minimum atomic E-state index is -2.04. The Hall–Kier alpha value is -1.90. The van der Waals surface area contributed by atoms with Gasteiger partial charge in [0, 0.05) is 6.42 Å². The summed E-state index contributed by atoms with van der Waals surface area (Å²) in [6.45, 7) is 15.3. The Morgan fingerprint density at radius 2 is 1.12 bits per heavy atom. The van der Waals surface area contributed by atoms with Crippen molar-refractivity contribution in [2.45, 2.75) is 90.0 Å². The third-order valence-electron chi connectivity index (χ3n) is 6.55. The molecular formula is C29H42O3Si. The Labute approximate surface area is 203 Å². The van der Waals surface area contributed by atoms with Gasteiger partial charge in [-0.15, -0.1) is 12.3 Å². The van der Waals surface area contributed by atoms with Crippen LogP contribution in [0.1, 0.15) is 59.1 Å². The molecular weight excluding hydrogens is 424 g/mol. The van der Waals surface area contributed by atoms with Crippen molar-refractivity contribution in [2.75, 3.05) is 6.61 Å². The average Bonchev–Trinajstić information content (AvgIpc) is 2.80. The van der Waals surface area contributed by atoms with Gasteiger partial charge in [-0.05, 0) is 27.8 Å². The van der Waals surface area contributed by atoms with E-state index in [0.717, 1.165) is 11.1 Å². The van der Waals surface area contributed by atoms with E-state index in [1.54, 1.807) is 0 Å². The zero-order valence-electron chi connectivity index (χ0n) is 21.3. The van der Waals surface area contributed by atoms with Gasteiger partial charge in [0.25, 0.3) is 0 Å². The van der Waals surface area contributed by atoms with E-state index >= 15 is 0 Å². The molecule has 2 aromatic carbocycles. The Balaban J connectivity index is 2.22. The molecule has 0 bridgehead atoms. The van der Waals surface area contributed by atoms with Crippen LogP contribution in [-0.4, -0.2) is 27.1 Å². The Bertz CT molecular complexity index is 805. The van der Waals surface area contributed by atoms with Gasteiger partial charge in [0.05, 0.1) is 25.9 Å². The molecule has 4 heteroatoms. The summed E-state index contributed by atoms with van der Waals surface area (Å²) >= 11 is 0. The number of hydrogen-bond acceptors (Lipinski definition) is 3. The van der Waals surface area contributed by atoms with Gasteiger partial charge >= 0.3 is 0 Å². The molecule has 3 nitrogen and oxygen atoms in total. The van der Waals surface area contributed by atoms with Crippen LogP contribution in [0.15, 0.2) is 60.7 Å². The van der Waals surface area contributed by atoms with E-state index in [1.807, 2.05) is 36.4 Å². The fraction of sp³-hybridized carbons (Fsp3) is 0.517. The highest BCUT2D eigenvalue weighted by Gasteiger charge is 2.45. The quantitative estimate of drug-likeness (QED) is 0.215. The van der Waals surface area contributed by atoms with E-state index in [-0.39, 0.29) is 12.2 Å². The smallest absolute Gasteiger partial charge is 0.200 e. The first-order valence-corrected chi connectivity index (χ1v) is 14.3. The highest BCUT2D eigenvalue weighted by molar-refractivity contribution is 6.77. The van der Waals surface area contributed by atoms with Crippen LogP contribution in [-0.2, 0) is 27.1 Å². The first-order valence-electron chi connectivity index (χ1n) is 12.2. The van der Waals surface area contributed by atoms with Crippen LogP contribution in [0, 0.1) is 12.3 Å². The zero-order valence-corrected chi connectivity index (χ0v) is 22.3. The standard InChI is InChI=1S/C29H42O3Si/c1-8-15-28(30-20-26-16-11-9-12-17-26)29(31-21-27-18-13-10-14-19-27)22-32-33(23(2)3,24(4)5)25(6)7/h1,9-14,16-19,23-25,28-29H,15,20-22H2,2-7H3/t28-,29+/m0/s1. The van der Waals surface area contributed by atoms with Gasteiger partial charge in [0.2, 0.25) is 0 Å². The van der Waals surface area contributed by atoms with Crippen LogP contribution >= 0.6 is 0 Å². The highest BCUT2D eigenvalue weighted by Crippen LogP contribution is 2.42. The van der Waals surface area contributed by atoms with Crippen LogP contribution in [0.4, 0.5) is 0 Å². The van der Waals surface area contributed by atoms with Gasteiger partial charge in [-0.25, -0.2) is 0 Å². The minimum absolute atomic E-state index is 0.239. The molecule has 0 fully saturated rings. The van der Waals surface area contributed by atoms with Crippen LogP contribution in [0.5, 0.6) is 0 Å². The van der Waals surface area contributed by atoms with Crippen LogP contribution < -0.4 is 0 Å². The summed E-state index contributed by atoms with van der Waals surface area (Å²) in [5.74, 6) is 2.80. The monoisotopic (exact) mass is 466 g/mol. The Morgan fingerprint density at radius 3 is 1.52 bits per heavy atom. The van der Waals surface area contributed by atoms with Crippen molar-refractivity contribution in [3.8, 4) is 12.3 Å². The molecule has 0 saturated heterocycles. The van der Waals surface area contributed by atoms with Crippen molar-refractivity contribution in [3.05, 3.63) is 71.8 Å². The van der Waals surface area contributed by atoms with Crippen molar-refractivity contribution in [1.29, 1.82) is 0 Å². The fourth-order valence-corrected chi connectivity index (χ4v) is 10.4. The number of terminal acetylenes is 1. The number of benzene rings is 2. The summed E-state index contributed by atoms with van der Waals surface area (Å²) in [5.41, 5.74) is 3.76. The van der Waals surface area contributed by atoms with Crippen molar-refractivity contribution >= 4 is 8.32 Å². The maximum Gasteiger partial charge on any atom is 0.200 e. The SMILES string of the molecule is C#CC[C@H](OCc1ccccc1)[C@@H](CO[Si](C(C)C)(C(C)C)C(C)C)OCc1ccccc1. The number of rotatable bonds is 14. The summed E-state index contributed by atoms with van der Waals surface area (Å²) in [6.07, 6.45) is 5.75. The topological polar surface area (TPSA) is 27.7 Å². The summed E-state index contributed by atoms with van der Waals surface area (Å²) in [7, 11) is -2.04. The molecule has 0 heterocycles. The first kappa shape index (κ1) is 27.3. The number of hydrogen-bond donors (Lipinski definition) is 0. The molecule has 0 aliphatic rings. The molecule has 0 amide bonds. The summed E-state index contributed by atoms with van der Waals surface area (Å²) in [6, 6.07) is 20.4. The second-order valence-electron chi connectivity index (χ2n) is 9.71. The van der Waals surface area contributed by atoms with E-state index < -0.39 is 8.32 Å². The molecule has 2 aromatic rings. The zero-order chi connectivity index (χ0) is 24.3. The predicted octanol–water partition coefficient (Wildman–Crippen LogP) is 7.37. The first-order chi connectivity index (χ1) is 15.8. The van der Waals surface area contributed by atoms with Gasteiger partial charge in [-0.3, -0.25) is 0 Å². The molecule has 0 aliphatic heterocycles. The lowest BCUT2D eigenvalue weighted by Gasteiger charge is -2.43. The molecule has 0 aromatic heterocycles.